The number of benzene rings is 1. The number of carbonyl (C=O) groups excluding carboxylic acids is 2. The first-order valence-electron chi connectivity index (χ1n) is 8.85. The van der Waals surface area contributed by atoms with Crippen LogP contribution in [0, 0.1) is 5.92 Å². The number of ether oxygens (including phenoxy) is 2. The summed E-state index contributed by atoms with van der Waals surface area (Å²) in [5.74, 6) is -0.313. The van der Waals surface area contributed by atoms with Crippen LogP contribution in [0.15, 0.2) is 24.3 Å². The molecule has 7 nitrogen and oxygen atoms in total. The number of ketones is 1. The third-order valence-electron chi connectivity index (χ3n) is 4.37. The Labute approximate surface area is 152 Å². The van der Waals surface area contributed by atoms with Gasteiger partial charge in [0.1, 0.15) is 11.9 Å². The molecule has 142 valence electrons. The third kappa shape index (κ3) is 5.47. The molecule has 26 heavy (non-hydrogen) atoms. The van der Waals surface area contributed by atoms with Gasteiger partial charge >= 0.3 is 12.1 Å². The van der Waals surface area contributed by atoms with Crippen LogP contribution in [0.5, 0.6) is 5.75 Å². The van der Waals surface area contributed by atoms with Crippen molar-refractivity contribution in [3.63, 3.8) is 0 Å². The topological polar surface area (TPSA) is 93.1 Å². The van der Waals surface area contributed by atoms with Gasteiger partial charge in [0.05, 0.1) is 12.5 Å². The molecule has 0 spiro atoms. The summed E-state index contributed by atoms with van der Waals surface area (Å²) in [5, 5.41) is 8.95. The predicted octanol–water partition coefficient (Wildman–Crippen LogP) is 2.98. The fourth-order valence-electron chi connectivity index (χ4n) is 2.84. The van der Waals surface area contributed by atoms with E-state index in [-0.39, 0.29) is 24.3 Å². The minimum Gasteiger partial charge on any atom is -0.490 e. The molecule has 2 rings (SSSR count). The van der Waals surface area contributed by atoms with Crippen molar-refractivity contribution in [3.8, 4) is 5.75 Å². The number of amides is 1. The fourth-order valence-corrected chi connectivity index (χ4v) is 2.84. The number of Topliss-reactive ketones (excluding diaryl/α,β-unsaturated/α-hetero) is 1. The van der Waals surface area contributed by atoms with Crippen LogP contribution in [0.2, 0.25) is 0 Å². The molecule has 0 saturated carbocycles. The van der Waals surface area contributed by atoms with Gasteiger partial charge in [-0.3, -0.25) is 9.59 Å². The normalized spacial score (nSPS) is 16.0. The number of carboxylic acid groups (broad SMARTS) is 1. The monoisotopic (exact) mass is 363 g/mol. The highest BCUT2D eigenvalue weighted by molar-refractivity contribution is 5.98. The molecule has 0 bridgehead atoms. The summed E-state index contributed by atoms with van der Waals surface area (Å²) in [7, 11) is 0. The lowest BCUT2D eigenvalue weighted by molar-refractivity contribution is -0.147. The molecule has 1 fully saturated rings. The van der Waals surface area contributed by atoms with E-state index in [4.69, 9.17) is 14.6 Å². The largest absolute Gasteiger partial charge is 0.490 e. The molecule has 1 aliphatic rings. The molecule has 1 unspecified atom stereocenters. The van der Waals surface area contributed by atoms with Crippen molar-refractivity contribution in [3.05, 3.63) is 29.8 Å². The Morgan fingerprint density at radius 1 is 1.19 bits per heavy atom. The lowest BCUT2D eigenvalue weighted by atomic mass is 10.00. The third-order valence-corrected chi connectivity index (χ3v) is 4.37. The number of nitrogens with zero attached hydrogens (tertiary/aromatic N) is 1. The molecule has 1 aromatic carbocycles. The SMILES string of the molecule is CCOC(=O)C(C)CC(=O)c1ccc(OC2CCN(C(=O)O)CC2)cc1. The van der Waals surface area contributed by atoms with Crippen LogP contribution in [-0.4, -0.2) is 53.7 Å². The second-order valence-corrected chi connectivity index (χ2v) is 6.39. The Kier molecular flexibility index (Phi) is 7.00. The Morgan fingerprint density at radius 3 is 2.35 bits per heavy atom. The van der Waals surface area contributed by atoms with Gasteiger partial charge in [0.15, 0.2) is 5.78 Å². The molecule has 1 heterocycles. The number of likely N-dealkylation sites (tertiary alicyclic amines) is 1. The molecule has 1 aromatic rings. The molecule has 1 amide bonds. The molecule has 1 aliphatic heterocycles. The molecule has 0 aromatic heterocycles. The number of rotatable bonds is 7. The summed E-state index contributed by atoms with van der Waals surface area (Å²) in [6, 6.07) is 6.82. The predicted molar refractivity (Wildman–Crippen MR) is 94.4 cm³/mol. The van der Waals surface area contributed by atoms with E-state index in [9.17, 15) is 14.4 Å². The maximum absolute atomic E-state index is 12.3. The number of hydrogen-bond donors (Lipinski definition) is 1. The summed E-state index contributed by atoms with van der Waals surface area (Å²) in [4.78, 5) is 36.2. The lowest BCUT2D eigenvalue weighted by Crippen LogP contribution is -2.41. The zero-order valence-corrected chi connectivity index (χ0v) is 15.1. The highest BCUT2D eigenvalue weighted by atomic mass is 16.5. The van der Waals surface area contributed by atoms with Crippen LogP contribution < -0.4 is 4.74 Å². The molecule has 1 N–H and O–H groups in total. The lowest BCUT2D eigenvalue weighted by Gasteiger charge is -2.30. The van der Waals surface area contributed by atoms with Crippen LogP contribution >= 0.6 is 0 Å². The van der Waals surface area contributed by atoms with Crippen LogP contribution in [0.3, 0.4) is 0 Å². The van der Waals surface area contributed by atoms with E-state index in [1.807, 2.05) is 0 Å². The number of hydrogen-bond acceptors (Lipinski definition) is 5. The second-order valence-electron chi connectivity index (χ2n) is 6.39. The van der Waals surface area contributed by atoms with E-state index in [0.29, 0.717) is 43.9 Å². The van der Waals surface area contributed by atoms with Gasteiger partial charge in [-0.05, 0) is 31.2 Å². The van der Waals surface area contributed by atoms with Gasteiger partial charge in [0, 0.05) is 37.9 Å². The quantitative estimate of drug-likeness (QED) is 0.591. The van der Waals surface area contributed by atoms with Crippen LogP contribution in [0.4, 0.5) is 4.79 Å². The van der Waals surface area contributed by atoms with Crippen molar-refractivity contribution >= 4 is 17.8 Å². The summed E-state index contributed by atoms with van der Waals surface area (Å²) in [6.07, 6.45) is 0.458. The second kappa shape index (κ2) is 9.22. The average molecular weight is 363 g/mol. The van der Waals surface area contributed by atoms with E-state index in [2.05, 4.69) is 0 Å². The van der Waals surface area contributed by atoms with Crippen molar-refractivity contribution in [2.45, 2.75) is 39.2 Å². The Bertz CT molecular complexity index is 634. The van der Waals surface area contributed by atoms with Crippen LogP contribution in [0.1, 0.15) is 43.5 Å². The number of esters is 1. The fraction of sp³-hybridized carbons (Fsp3) is 0.526. The van der Waals surface area contributed by atoms with Crippen molar-refractivity contribution in [1.29, 1.82) is 0 Å². The van der Waals surface area contributed by atoms with Gasteiger partial charge in [-0.15, -0.1) is 0 Å². The van der Waals surface area contributed by atoms with Crippen molar-refractivity contribution in [2.24, 2.45) is 5.92 Å². The molecular formula is C19H25NO6. The molecule has 1 atom stereocenters. The summed E-state index contributed by atoms with van der Waals surface area (Å²) >= 11 is 0. The minimum atomic E-state index is -0.900. The summed E-state index contributed by atoms with van der Waals surface area (Å²) in [5.41, 5.74) is 0.522. The Balaban J connectivity index is 1.85. The van der Waals surface area contributed by atoms with Crippen molar-refractivity contribution in [2.75, 3.05) is 19.7 Å². The van der Waals surface area contributed by atoms with Gasteiger partial charge in [0.25, 0.3) is 0 Å². The van der Waals surface area contributed by atoms with E-state index < -0.39 is 12.0 Å². The first kappa shape index (κ1) is 19.8. The van der Waals surface area contributed by atoms with Gasteiger partial charge in [0.2, 0.25) is 0 Å². The molecule has 0 aliphatic carbocycles. The number of carbonyl (C=O) groups is 3. The maximum atomic E-state index is 12.3. The summed E-state index contributed by atoms with van der Waals surface area (Å²) in [6.45, 7) is 4.63. The van der Waals surface area contributed by atoms with E-state index in [0.717, 1.165) is 0 Å². The molecule has 1 saturated heterocycles. The van der Waals surface area contributed by atoms with E-state index in [1.165, 1.54) is 4.90 Å². The van der Waals surface area contributed by atoms with Crippen LogP contribution in [0.25, 0.3) is 0 Å². The molecular weight excluding hydrogens is 338 g/mol. The average Bonchev–Trinajstić information content (AvgIpc) is 2.63. The zero-order valence-electron chi connectivity index (χ0n) is 15.1. The van der Waals surface area contributed by atoms with Gasteiger partial charge in [-0.2, -0.15) is 0 Å². The first-order valence-corrected chi connectivity index (χ1v) is 8.85. The zero-order chi connectivity index (χ0) is 19.1. The molecule has 7 heteroatoms. The van der Waals surface area contributed by atoms with E-state index in [1.54, 1.807) is 38.1 Å². The van der Waals surface area contributed by atoms with E-state index >= 15 is 0 Å². The van der Waals surface area contributed by atoms with Crippen molar-refractivity contribution < 1.29 is 29.0 Å². The van der Waals surface area contributed by atoms with Gasteiger partial charge < -0.3 is 19.5 Å². The highest BCUT2D eigenvalue weighted by Gasteiger charge is 2.23. The standard InChI is InChI=1S/C19H25NO6/c1-3-25-18(22)13(2)12-17(21)14-4-6-15(7-5-14)26-16-8-10-20(11-9-16)19(23)24/h4-7,13,16H,3,8-12H2,1-2H3,(H,23,24). The summed E-state index contributed by atoms with van der Waals surface area (Å²) < 4.78 is 10.8. The number of piperidine rings is 1. The first-order chi connectivity index (χ1) is 12.4. The highest BCUT2D eigenvalue weighted by Crippen LogP contribution is 2.21. The van der Waals surface area contributed by atoms with Gasteiger partial charge in [-0.1, -0.05) is 6.92 Å². The van der Waals surface area contributed by atoms with Crippen molar-refractivity contribution in [1.82, 2.24) is 4.90 Å². The maximum Gasteiger partial charge on any atom is 0.407 e. The van der Waals surface area contributed by atoms with Crippen LogP contribution in [-0.2, 0) is 9.53 Å². The molecule has 0 radical (unpaired) electrons. The minimum absolute atomic E-state index is 0.0315. The Morgan fingerprint density at radius 2 is 1.81 bits per heavy atom. The smallest absolute Gasteiger partial charge is 0.407 e. The Hall–Kier alpha value is -2.57. The van der Waals surface area contributed by atoms with Gasteiger partial charge in [-0.25, -0.2) is 4.79 Å².